The molecule has 5 nitrogen and oxygen atoms in total. The van der Waals surface area contributed by atoms with E-state index in [1.807, 2.05) is 6.08 Å². The molecule has 112 valence electrons. The van der Waals surface area contributed by atoms with Crippen molar-refractivity contribution >= 4 is 17.5 Å². The summed E-state index contributed by atoms with van der Waals surface area (Å²) in [5.41, 5.74) is 6.39. The van der Waals surface area contributed by atoms with E-state index < -0.39 is 0 Å². The van der Waals surface area contributed by atoms with Crippen LogP contribution in [0.5, 0.6) is 0 Å². The van der Waals surface area contributed by atoms with Crippen LogP contribution in [0.4, 0.5) is 5.69 Å². The molecule has 0 fully saturated rings. The van der Waals surface area contributed by atoms with Crippen LogP contribution in [0.25, 0.3) is 0 Å². The number of carbonyl (C=O) groups excluding carboxylic acids is 2. The summed E-state index contributed by atoms with van der Waals surface area (Å²) in [6.45, 7) is 0.795. The van der Waals surface area contributed by atoms with Gasteiger partial charge in [-0.05, 0) is 31.4 Å². The molecule has 0 saturated carbocycles. The number of carbonyl (C=O) groups is 2. The first-order chi connectivity index (χ1) is 10.2. The van der Waals surface area contributed by atoms with Crippen molar-refractivity contribution in [2.75, 3.05) is 18.4 Å². The first-order valence-corrected chi connectivity index (χ1v) is 7.25. The highest BCUT2D eigenvalue weighted by Crippen LogP contribution is 2.22. The number of rotatable bonds is 5. The van der Waals surface area contributed by atoms with Crippen molar-refractivity contribution in [3.05, 3.63) is 42.0 Å². The lowest BCUT2D eigenvalue weighted by molar-refractivity contribution is -0.120. The maximum Gasteiger partial charge on any atom is 0.253 e. The molecule has 1 aromatic rings. The Labute approximate surface area is 124 Å². The standard InChI is InChI=1S/C16H21N3O2/c17-10-11-18-16(21)13-8-4-5-9-14(13)19-15(20)12-6-2-1-3-7-12/h1-2,4-5,8-9,12H,3,6-7,10-11,17H2,(H,18,21)(H,19,20). The minimum absolute atomic E-state index is 0.0184. The van der Waals surface area contributed by atoms with E-state index in [-0.39, 0.29) is 17.7 Å². The molecule has 1 aromatic carbocycles. The van der Waals surface area contributed by atoms with Crippen LogP contribution in [-0.2, 0) is 4.79 Å². The molecule has 0 radical (unpaired) electrons. The van der Waals surface area contributed by atoms with Crippen LogP contribution in [-0.4, -0.2) is 24.9 Å². The van der Waals surface area contributed by atoms with Crippen molar-refractivity contribution < 1.29 is 9.59 Å². The summed E-state index contributed by atoms with van der Waals surface area (Å²) in [6, 6.07) is 7.02. The quantitative estimate of drug-likeness (QED) is 0.720. The van der Waals surface area contributed by atoms with Crippen LogP contribution in [0.3, 0.4) is 0 Å². The molecule has 2 amide bonds. The summed E-state index contributed by atoms with van der Waals surface area (Å²) < 4.78 is 0. The summed E-state index contributed by atoms with van der Waals surface area (Å²) in [4.78, 5) is 24.3. The molecular weight excluding hydrogens is 266 g/mol. The Bertz CT molecular complexity index is 540. The first-order valence-electron chi connectivity index (χ1n) is 7.25. The zero-order valence-electron chi connectivity index (χ0n) is 12.0. The van der Waals surface area contributed by atoms with Gasteiger partial charge in [-0.3, -0.25) is 9.59 Å². The van der Waals surface area contributed by atoms with Crippen LogP contribution in [0.2, 0.25) is 0 Å². The SMILES string of the molecule is NCCNC(=O)c1ccccc1NC(=O)C1CC=CCC1. The minimum atomic E-state index is -0.222. The smallest absolute Gasteiger partial charge is 0.253 e. The number of allylic oxidation sites excluding steroid dienone is 2. The lowest BCUT2D eigenvalue weighted by Crippen LogP contribution is -2.30. The van der Waals surface area contributed by atoms with Crippen LogP contribution < -0.4 is 16.4 Å². The van der Waals surface area contributed by atoms with Crippen LogP contribution in [0.15, 0.2) is 36.4 Å². The Kier molecular flexibility index (Phi) is 5.51. The second-order valence-electron chi connectivity index (χ2n) is 5.06. The van der Waals surface area contributed by atoms with E-state index in [2.05, 4.69) is 16.7 Å². The highest BCUT2D eigenvalue weighted by Gasteiger charge is 2.20. The summed E-state index contributed by atoms with van der Waals surface area (Å²) in [6.07, 6.45) is 6.67. The van der Waals surface area contributed by atoms with E-state index in [1.54, 1.807) is 24.3 Å². The van der Waals surface area contributed by atoms with Gasteiger partial charge < -0.3 is 16.4 Å². The lowest BCUT2D eigenvalue weighted by atomic mass is 9.93. The van der Waals surface area contributed by atoms with Crippen molar-refractivity contribution in [2.45, 2.75) is 19.3 Å². The van der Waals surface area contributed by atoms with E-state index in [0.717, 1.165) is 19.3 Å². The third kappa shape index (κ3) is 4.16. The van der Waals surface area contributed by atoms with Crippen molar-refractivity contribution in [1.82, 2.24) is 5.32 Å². The number of nitrogens with two attached hydrogens (primary N) is 1. The van der Waals surface area contributed by atoms with Gasteiger partial charge in [-0.1, -0.05) is 24.3 Å². The molecule has 2 rings (SSSR count). The van der Waals surface area contributed by atoms with E-state index in [1.165, 1.54) is 0 Å². The maximum absolute atomic E-state index is 12.3. The Balaban J connectivity index is 2.07. The molecule has 1 aliphatic carbocycles. The molecule has 0 saturated heterocycles. The van der Waals surface area contributed by atoms with Gasteiger partial charge in [-0.25, -0.2) is 0 Å². The number of hydrogen-bond donors (Lipinski definition) is 3. The number of amides is 2. The monoisotopic (exact) mass is 287 g/mol. The van der Waals surface area contributed by atoms with E-state index in [4.69, 9.17) is 5.73 Å². The van der Waals surface area contributed by atoms with Gasteiger partial charge in [0.05, 0.1) is 11.3 Å². The predicted octanol–water partition coefficient (Wildman–Crippen LogP) is 1.67. The molecule has 1 aliphatic rings. The van der Waals surface area contributed by atoms with Crippen molar-refractivity contribution in [2.24, 2.45) is 11.7 Å². The van der Waals surface area contributed by atoms with Crippen molar-refractivity contribution in [3.63, 3.8) is 0 Å². The molecule has 4 N–H and O–H groups in total. The van der Waals surface area contributed by atoms with Gasteiger partial charge in [0, 0.05) is 19.0 Å². The van der Waals surface area contributed by atoms with E-state index in [9.17, 15) is 9.59 Å². The van der Waals surface area contributed by atoms with Crippen molar-refractivity contribution in [1.29, 1.82) is 0 Å². The molecule has 21 heavy (non-hydrogen) atoms. The van der Waals surface area contributed by atoms with Gasteiger partial charge in [0.2, 0.25) is 5.91 Å². The van der Waals surface area contributed by atoms with Gasteiger partial charge in [-0.15, -0.1) is 0 Å². The molecule has 0 aromatic heterocycles. The highest BCUT2D eigenvalue weighted by atomic mass is 16.2. The van der Waals surface area contributed by atoms with Gasteiger partial charge in [-0.2, -0.15) is 0 Å². The predicted molar refractivity (Wildman–Crippen MR) is 82.9 cm³/mol. The zero-order valence-corrected chi connectivity index (χ0v) is 12.0. The summed E-state index contributed by atoms with van der Waals surface area (Å²) >= 11 is 0. The Morgan fingerprint density at radius 3 is 2.76 bits per heavy atom. The molecule has 0 bridgehead atoms. The number of nitrogens with one attached hydrogen (secondary N) is 2. The van der Waals surface area contributed by atoms with Gasteiger partial charge in [0.25, 0.3) is 5.91 Å². The van der Waals surface area contributed by atoms with Gasteiger partial charge in [0.1, 0.15) is 0 Å². The van der Waals surface area contributed by atoms with Gasteiger partial charge >= 0.3 is 0 Å². The molecule has 1 atom stereocenters. The molecule has 0 aliphatic heterocycles. The van der Waals surface area contributed by atoms with Gasteiger partial charge in [0.15, 0.2) is 0 Å². The fourth-order valence-electron chi connectivity index (χ4n) is 2.34. The Morgan fingerprint density at radius 2 is 2.05 bits per heavy atom. The second kappa shape index (κ2) is 7.59. The van der Waals surface area contributed by atoms with E-state index in [0.29, 0.717) is 24.3 Å². The first kappa shape index (κ1) is 15.3. The third-order valence-corrected chi connectivity index (χ3v) is 3.50. The largest absolute Gasteiger partial charge is 0.351 e. The summed E-state index contributed by atoms with van der Waals surface area (Å²) in [7, 11) is 0. The second-order valence-corrected chi connectivity index (χ2v) is 5.06. The summed E-state index contributed by atoms with van der Waals surface area (Å²) in [5, 5.41) is 5.59. The molecule has 0 spiro atoms. The molecule has 1 unspecified atom stereocenters. The minimum Gasteiger partial charge on any atom is -0.351 e. The van der Waals surface area contributed by atoms with Crippen LogP contribution >= 0.6 is 0 Å². The number of anilines is 1. The zero-order chi connectivity index (χ0) is 15.1. The van der Waals surface area contributed by atoms with Crippen LogP contribution in [0.1, 0.15) is 29.6 Å². The van der Waals surface area contributed by atoms with Crippen LogP contribution in [0, 0.1) is 5.92 Å². The Hall–Kier alpha value is -2.14. The highest BCUT2D eigenvalue weighted by molar-refractivity contribution is 6.04. The normalized spacial score (nSPS) is 17.3. The van der Waals surface area contributed by atoms with E-state index >= 15 is 0 Å². The number of benzene rings is 1. The number of hydrogen-bond acceptors (Lipinski definition) is 3. The third-order valence-electron chi connectivity index (χ3n) is 3.50. The molecular formula is C16H21N3O2. The average molecular weight is 287 g/mol. The molecule has 0 heterocycles. The Morgan fingerprint density at radius 1 is 1.24 bits per heavy atom. The number of para-hydroxylation sites is 1. The fourth-order valence-corrected chi connectivity index (χ4v) is 2.34. The fraction of sp³-hybridized carbons (Fsp3) is 0.375. The summed E-state index contributed by atoms with van der Waals surface area (Å²) in [5.74, 6) is -0.270. The average Bonchev–Trinajstić information content (AvgIpc) is 2.54. The maximum atomic E-state index is 12.3. The lowest BCUT2D eigenvalue weighted by Gasteiger charge is -2.18. The molecule has 5 heteroatoms. The van der Waals surface area contributed by atoms with Crippen molar-refractivity contribution in [3.8, 4) is 0 Å². The topological polar surface area (TPSA) is 84.2 Å².